The molecule has 0 saturated heterocycles. The standard InChI is InChI=1S/C18H20O/c1-13(2)18(19,16-9-5-14(3)6-10-16)17-11-7-15(4)8-12-17/h5-12,19H,1H2,2-4H3. The lowest BCUT2D eigenvalue weighted by molar-refractivity contribution is 0.121. The maximum absolute atomic E-state index is 11.1. The smallest absolute Gasteiger partial charge is 0.136 e. The van der Waals surface area contributed by atoms with Crippen LogP contribution in [0.5, 0.6) is 0 Å². The zero-order valence-corrected chi connectivity index (χ0v) is 11.8. The number of benzene rings is 2. The first-order chi connectivity index (χ1) is 8.94. The Morgan fingerprint density at radius 1 is 0.842 bits per heavy atom. The summed E-state index contributed by atoms with van der Waals surface area (Å²) in [6.07, 6.45) is 0. The van der Waals surface area contributed by atoms with Crippen LogP contribution in [-0.2, 0) is 5.60 Å². The van der Waals surface area contributed by atoms with Crippen LogP contribution in [0.1, 0.15) is 29.2 Å². The van der Waals surface area contributed by atoms with E-state index in [-0.39, 0.29) is 0 Å². The minimum atomic E-state index is -1.12. The molecule has 0 aliphatic carbocycles. The van der Waals surface area contributed by atoms with Crippen LogP contribution in [0.15, 0.2) is 60.7 Å². The molecule has 2 aromatic rings. The van der Waals surface area contributed by atoms with E-state index in [4.69, 9.17) is 0 Å². The molecular formula is C18H20O. The Balaban J connectivity index is 2.57. The Morgan fingerprint density at radius 2 is 1.16 bits per heavy atom. The van der Waals surface area contributed by atoms with Gasteiger partial charge in [-0.15, -0.1) is 0 Å². The van der Waals surface area contributed by atoms with Gasteiger partial charge in [0.25, 0.3) is 0 Å². The Labute approximate surface area is 115 Å². The quantitative estimate of drug-likeness (QED) is 0.815. The summed E-state index contributed by atoms with van der Waals surface area (Å²) in [6.45, 7) is 9.91. The number of rotatable bonds is 3. The van der Waals surface area contributed by atoms with E-state index in [0.717, 1.165) is 16.7 Å². The molecule has 0 saturated carbocycles. The second-order valence-corrected chi connectivity index (χ2v) is 5.22. The average molecular weight is 252 g/mol. The fourth-order valence-corrected chi connectivity index (χ4v) is 2.25. The van der Waals surface area contributed by atoms with Gasteiger partial charge in [-0.05, 0) is 37.5 Å². The summed E-state index contributed by atoms with van der Waals surface area (Å²) in [6, 6.07) is 15.9. The van der Waals surface area contributed by atoms with Gasteiger partial charge in [0.2, 0.25) is 0 Å². The van der Waals surface area contributed by atoms with Crippen LogP contribution in [0.3, 0.4) is 0 Å². The molecule has 0 radical (unpaired) electrons. The highest BCUT2D eigenvalue weighted by molar-refractivity contribution is 5.44. The molecule has 19 heavy (non-hydrogen) atoms. The summed E-state index contributed by atoms with van der Waals surface area (Å²) in [4.78, 5) is 0. The van der Waals surface area contributed by atoms with Crippen molar-refractivity contribution in [1.29, 1.82) is 0 Å². The lowest BCUT2D eigenvalue weighted by Gasteiger charge is -2.30. The van der Waals surface area contributed by atoms with Gasteiger partial charge >= 0.3 is 0 Å². The molecule has 98 valence electrons. The number of aryl methyl sites for hydroxylation is 2. The van der Waals surface area contributed by atoms with E-state index in [1.807, 2.05) is 69.3 Å². The molecule has 1 N–H and O–H groups in total. The van der Waals surface area contributed by atoms with Crippen molar-refractivity contribution < 1.29 is 5.11 Å². The molecule has 0 aliphatic rings. The zero-order chi connectivity index (χ0) is 14.0. The largest absolute Gasteiger partial charge is 0.376 e. The van der Waals surface area contributed by atoms with Crippen molar-refractivity contribution in [2.45, 2.75) is 26.4 Å². The molecule has 2 aromatic carbocycles. The van der Waals surface area contributed by atoms with Gasteiger partial charge in [-0.25, -0.2) is 0 Å². The molecule has 0 atom stereocenters. The van der Waals surface area contributed by atoms with E-state index in [9.17, 15) is 5.11 Å². The predicted octanol–water partition coefficient (Wildman–Crippen LogP) is 4.12. The highest BCUT2D eigenvalue weighted by Crippen LogP contribution is 2.35. The molecule has 0 fully saturated rings. The SMILES string of the molecule is C=C(C)C(O)(c1ccc(C)cc1)c1ccc(C)cc1. The van der Waals surface area contributed by atoms with Gasteiger partial charge in [0.1, 0.15) is 5.60 Å². The van der Waals surface area contributed by atoms with Crippen LogP contribution >= 0.6 is 0 Å². The first-order valence-corrected chi connectivity index (χ1v) is 6.47. The first kappa shape index (κ1) is 13.6. The molecule has 0 spiro atoms. The van der Waals surface area contributed by atoms with Crippen molar-refractivity contribution in [1.82, 2.24) is 0 Å². The first-order valence-electron chi connectivity index (χ1n) is 6.47. The molecule has 0 amide bonds. The monoisotopic (exact) mass is 252 g/mol. The second-order valence-electron chi connectivity index (χ2n) is 5.22. The summed E-state index contributed by atoms with van der Waals surface area (Å²) in [5.41, 5.74) is 3.67. The molecule has 0 aromatic heterocycles. The highest BCUT2D eigenvalue weighted by Gasteiger charge is 2.32. The minimum absolute atomic E-state index is 0.722. The molecule has 0 heterocycles. The summed E-state index contributed by atoms with van der Waals surface area (Å²) in [5, 5.41) is 11.1. The van der Waals surface area contributed by atoms with Crippen molar-refractivity contribution in [3.05, 3.63) is 82.9 Å². The summed E-state index contributed by atoms with van der Waals surface area (Å²) in [7, 11) is 0. The number of aliphatic hydroxyl groups is 1. The zero-order valence-electron chi connectivity index (χ0n) is 11.8. The van der Waals surface area contributed by atoms with E-state index >= 15 is 0 Å². The lowest BCUT2D eigenvalue weighted by Crippen LogP contribution is -2.28. The molecule has 0 unspecified atom stereocenters. The van der Waals surface area contributed by atoms with Gasteiger partial charge in [-0.1, -0.05) is 66.2 Å². The fraction of sp³-hybridized carbons (Fsp3) is 0.222. The van der Waals surface area contributed by atoms with Gasteiger partial charge in [0.05, 0.1) is 0 Å². The molecule has 1 heteroatoms. The van der Waals surface area contributed by atoms with Crippen molar-refractivity contribution in [3.8, 4) is 0 Å². The van der Waals surface area contributed by atoms with Crippen molar-refractivity contribution in [2.75, 3.05) is 0 Å². The Kier molecular flexibility index (Phi) is 3.59. The van der Waals surface area contributed by atoms with Gasteiger partial charge in [-0.3, -0.25) is 0 Å². The normalized spacial score (nSPS) is 11.4. The van der Waals surface area contributed by atoms with E-state index < -0.39 is 5.60 Å². The van der Waals surface area contributed by atoms with Crippen LogP contribution in [-0.4, -0.2) is 5.11 Å². The lowest BCUT2D eigenvalue weighted by atomic mass is 9.81. The summed E-state index contributed by atoms with van der Waals surface area (Å²) >= 11 is 0. The fourth-order valence-electron chi connectivity index (χ4n) is 2.25. The third-order valence-corrected chi connectivity index (χ3v) is 3.56. The van der Waals surface area contributed by atoms with Crippen LogP contribution < -0.4 is 0 Å². The predicted molar refractivity (Wildman–Crippen MR) is 80.2 cm³/mol. The van der Waals surface area contributed by atoms with Crippen LogP contribution in [0.25, 0.3) is 0 Å². The van der Waals surface area contributed by atoms with E-state index in [2.05, 4.69) is 6.58 Å². The van der Waals surface area contributed by atoms with Crippen LogP contribution in [0.4, 0.5) is 0 Å². The third-order valence-electron chi connectivity index (χ3n) is 3.56. The van der Waals surface area contributed by atoms with Crippen molar-refractivity contribution in [3.63, 3.8) is 0 Å². The van der Waals surface area contributed by atoms with Crippen molar-refractivity contribution >= 4 is 0 Å². The highest BCUT2D eigenvalue weighted by atomic mass is 16.3. The summed E-state index contributed by atoms with van der Waals surface area (Å²) in [5.74, 6) is 0. The Morgan fingerprint density at radius 3 is 1.42 bits per heavy atom. The molecule has 0 aliphatic heterocycles. The maximum Gasteiger partial charge on any atom is 0.136 e. The average Bonchev–Trinajstić information content (AvgIpc) is 2.39. The van der Waals surface area contributed by atoms with Gasteiger partial charge in [0, 0.05) is 0 Å². The minimum Gasteiger partial charge on any atom is -0.376 e. The molecule has 0 bridgehead atoms. The number of hydrogen-bond donors (Lipinski definition) is 1. The van der Waals surface area contributed by atoms with Crippen LogP contribution in [0.2, 0.25) is 0 Å². The Bertz CT molecular complexity index is 531. The second kappa shape index (κ2) is 5.02. The molecule has 1 nitrogen and oxygen atoms in total. The van der Waals surface area contributed by atoms with E-state index in [1.54, 1.807) is 0 Å². The number of hydrogen-bond acceptors (Lipinski definition) is 1. The topological polar surface area (TPSA) is 20.2 Å². The van der Waals surface area contributed by atoms with Crippen molar-refractivity contribution in [2.24, 2.45) is 0 Å². The van der Waals surface area contributed by atoms with E-state index in [0.29, 0.717) is 0 Å². The van der Waals surface area contributed by atoms with Gasteiger partial charge in [0.15, 0.2) is 0 Å². The Hall–Kier alpha value is -1.86. The van der Waals surface area contributed by atoms with Gasteiger partial charge < -0.3 is 5.11 Å². The molecule has 2 rings (SSSR count). The van der Waals surface area contributed by atoms with Gasteiger partial charge in [-0.2, -0.15) is 0 Å². The van der Waals surface area contributed by atoms with Crippen LogP contribution in [0, 0.1) is 13.8 Å². The third kappa shape index (κ3) is 2.47. The molecular weight excluding hydrogens is 232 g/mol. The summed E-state index contributed by atoms with van der Waals surface area (Å²) < 4.78 is 0. The maximum atomic E-state index is 11.1. The van der Waals surface area contributed by atoms with E-state index in [1.165, 1.54) is 11.1 Å².